The van der Waals surface area contributed by atoms with Gasteiger partial charge >= 0.3 is 5.97 Å². The number of hydrogen-bond donors (Lipinski definition) is 1. The van der Waals surface area contributed by atoms with Crippen LogP contribution < -0.4 is 0 Å². The molecule has 6 nitrogen and oxygen atoms in total. The number of carbonyl (C=O) groups is 2. The van der Waals surface area contributed by atoms with Gasteiger partial charge in [0.1, 0.15) is 0 Å². The van der Waals surface area contributed by atoms with Crippen LogP contribution in [0.3, 0.4) is 0 Å². The molecule has 0 aliphatic rings. The standard InChI is InChI=1S/C20H24N2O4S/c1-14(23)18(20(25)26-3)22(13-16-9-5-4-6-10-16)19(24)15(2)27-17-11-7-8-12-21-17/h4-12,14-15,18,23H,13H2,1-3H3/t14-,15-,18+/m1/s1. The zero-order valence-corrected chi connectivity index (χ0v) is 16.4. The topological polar surface area (TPSA) is 79.7 Å². The summed E-state index contributed by atoms with van der Waals surface area (Å²) < 4.78 is 4.83. The maximum Gasteiger partial charge on any atom is 0.331 e. The summed E-state index contributed by atoms with van der Waals surface area (Å²) in [7, 11) is 1.24. The van der Waals surface area contributed by atoms with E-state index in [1.165, 1.54) is 30.7 Å². The van der Waals surface area contributed by atoms with Crippen LogP contribution in [0.2, 0.25) is 0 Å². The second-order valence-electron chi connectivity index (χ2n) is 6.09. The molecule has 1 aromatic heterocycles. The van der Waals surface area contributed by atoms with Crippen molar-refractivity contribution in [1.82, 2.24) is 9.88 Å². The fourth-order valence-corrected chi connectivity index (χ4v) is 3.56. The van der Waals surface area contributed by atoms with Gasteiger partial charge in [-0.15, -0.1) is 0 Å². The van der Waals surface area contributed by atoms with E-state index in [2.05, 4.69) is 4.98 Å². The number of methoxy groups -OCH3 is 1. The molecule has 2 rings (SSSR count). The van der Waals surface area contributed by atoms with Crippen molar-refractivity contribution >= 4 is 23.6 Å². The summed E-state index contributed by atoms with van der Waals surface area (Å²) in [6, 6.07) is 13.7. The molecule has 0 aliphatic carbocycles. The molecule has 2 aromatic rings. The summed E-state index contributed by atoms with van der Waals surface area (Å²) in [5.41, 5.74) is 0.857. The molecule has 0 aliphatic heterocycles. The lowest BCUT2D eigenvalue weighted by Crippen LogP contribution is -2.52. The van der Waals surface area contributed by atoms with E-state index in [0.717, 1.165) is 5.56 Å². The third-order valence-corrected chi connectivity index (χ3v) is 5.04. The minimum Gasteiger partial charge on any atom is -0.467 e. The highest BCUT2D eigenvalue weighted by Gasteiger charge is 2.36. The van der Waals surface area contributed by atoms with Gasteiger partial charge in [-0.3, -0.25) is 4.79 Å². The maximum absolute atomic E-state index is 13.2. The molecule has 1 aromatic carbocycles. The van der Waals surface area contributed by atoms with Crippen molar-refractivity contribution in [3.63, 3.8) is 0 Å². The summed E-state index contributed by atoms with van der Waals surface area (Å²) >= 11 is 1.30. The molecular formula is C20H24N2O4S. The highest BCUT2D eigenvalue weighted by Crippen LogP contribution is 2.24. The Labute approximate surface area is 163 Å². The lowest BCUT2D eigenvalue weighted by Gasteiger charge is -2.33. The second kappa shape index (κ2) is 10.1. The molecule has 0 radical (unpaired) electrons. The average Bonchev–Trinajstić information content (AvgIpc) is 2.68. The first-order chi connectivity index (χ1) is 12.9. The number of nitrogens with zero attached hydrogens (tertiary/aromatic N) is 2. The van der Waals surface area contributed by atoms with Gasteiger partial charge < -0.3 is 14.7 Å². The highest BCUT2D eigenvalue weighted by atomic mass is 32.2. The lowest BCUT2D eigenvalue weighted by atomic mass is 10.1. The van der Waals surface area contributed by atoms with Crippen LogP contribution >= 0.6 is 11.8 Å². The number of benzene rings is 1. The Bertz CT molecular complexity index is 740. The van der Waals surface area contributed by atoms with Gasteiger partial charge in [0.15, 0.2) is 6.04 Å². The summed E-state index contributed by atoms with van der Waals surface area (Å²) in [6.07, 6.45) is 0.589. The van der Waals surface area contributed by atoms with E-state index in [4.69, 9.17) is 4.74 Å². The van der Waals surface area contributed by atoms with Gasteiger partial charge in [0, 0.05) is 12.7 Å². The predicted octanol–water partition coefficient (Wildman–Crippen LogP) is 2.51. The van der Waals surface area contributed by atoms with Crippen LogP contribution in [0.25, 0.3) is 0 Å². The Morgan fingerprint density at radius 1 is 1.15 bits per heavy atom. The fraction of sp³-hybridized carbons (Fsp3) is 0.350. The number of esters is 1. The van der Waals surface area contributed by atoms with Crippen LogP contribution in [0.1, 0.15) is 19.4 Å². The van der Waals surface area contributed by atoms with Crippen molar-refractivity contribution < 1.29 is 19.4 Å². The minimum absolute atomic E-state index is 0.192. The molecule has 144 valence electrons. The highest BCUT2D eigenvalue weighted by molar-refractivity contribution is 8.00. The summed E-state index contributed by atoms with van der Waals surface area (Å²) in [5, 5.41) is 10.4. The van der Waals surface area contributed by atoms with E-state index in [0.29, 0.717) is 5.03 Å². The first-order valence-electron chi connectivity index (χ1n) is 8.62. The Balaban J connectivity index is 2.29. The molecule has 0 unspecified atom stereocenters. The monoisotopic (exact) mass is 388 g/mol. The van der Waals surface area contributed by atoms with Gasteiger partial charge in [-0.1, -0.05) is 48.2 Å². The zero-order valence-electron chi connectivity index (χ0n) is 15.6. The van der Waals surface area contributed by atoms with Gasteiger partial charge in [0.2, 0.25) is 5.91 Å². The van der Waals surface area contributed by atoms with Crippen molar-refractivity contribution in [2.24, 2.45) is 0 Å². The number of aromatic nitrogens is 1. The predicted molar refractivity (Wildman–Crippen MR) is 104 cm³/mol. The molecule has 1 heterocycles. The van der Waals surface area contributed by atoms with E-state index in [1.807, 2.05) is 42.5 Å². The van der Waals surface area contributed by atoms with Crippen LogP contribution in [0, 0.1) is 0 Å². The molecule has 0 saturated heterocycles. The van der Waals surface area contributed by atoms with E-state index in [1.54, 1.807) is 19.2 Å². The van der Waals surface area contributed by atoms with Gasteiger partial charge in [0.25, 0.3) is 0 Å². The van der Waals surface area contributed by atoms with Crippen LogP contribution in [0.4, 0.5) is 0 Å². The van der Waals surface area contributed by atoms with E-state index in [9.17, 15) is 14.7 Å². The Morgan fingerprint density at radius 2 is 1.81 bits per heavy atom. The Hall–Kier alpha value is -2.38. The summed E-state index contributed by atoms with van der Waals surface area (Å²) in [5.74, 6) is -0.921. The lowest BCUT2D eigenvalue weighted by molar-refractivity contribution is -0.157. The van der Waals surface area contributed by atoms with Crippen LogP contribution in [-0.4, -0.2) is 51.4 Å². The van der Waals surface area contributed by atoms with Crippen molar-refractivity contribution in [3.05, 3.63) is 60.3 Å². The normalized spacial score (nSPS) is 14.1. The fourth-order valence-electron chi connectivity index (χ4n) is 2.68. The minimum atomic E-state index is -1.09. The average molecular weight is 388 g/mol. The molecule has 0 saturated carbocycles. The molecule has 0 fully saturated rings. The zero-order chi connectivity index (χ0) is 19.8. The van der Waals surface area contributed by atoms with E-state index < -0.39 is 23.4 Å². The number of ether oxygens (including phenoxy) is 1. The number of amides is 1. The third kappa shape index (κ3) is 5.80. The first-order valence-corrected chi connectivity index (χ1v) is 9.50. The van der Waals surface area contributed by atoms with E-state index in [-0.39, 0.29) is 12.5 Å². The van der Waals surface area contributed by atoms with Gasteiger partial charge in [0.05, 0.1) is 23.5 Å². The van der Waals surface area contributed by atoms with Gasteiger partial charge in [-0.2, -0.15) is 0 Å². The van der Waals surface area contributed by atoms with Crippen molar-refractivity contribution in [2.75, 3.05) is 7.11 Å². The molecule has 1 N–H and O–H groups in total. The smallest absolute Gasteiger partial charge is 0.331 e. The Kier molecular flexibility index (Phi) is 7.82. The molecule has 0 bridgehead atoms. The largest absolute Gasteiger partial charge is 0.467 e. The van der Waals surface area contributed by atoms with Gasteiger partial charge in [-0.05, 0) is 31.5 Å². The first kappa shape index (κ1) is 20.9. The Morgan fingerprint density at radius 3 is 2.37 bits per heavy atom. The number of hydrogen-bond acceptors (Lipinski definition) is 6. The maximum atomic E-state index is 13.2. The SMILES string of the molecule is COC(=O)[C@H]([C@@H](C)O)N(Cc1ccccc1)C(=O)[C@@H](C)Sc1ccccn1. The number of pyridine rings is 1. The molecule has 1 amide bonds. The van der Waals surface area contributed by atoms with E-state index >= 15 is 0 Å². The van der Waals surface area contributed by atoms with Crippen molar-refractivity contribution in [3.8, 4) is 0 Å². The molecular weight excluding hydrogens is 364 g/mol. The molecule has 7 heteroatoms. The van der Waals surface area contributed by atoms with Crippen LogP contribution in [0.5, 0.6) is 0 Å². The van der Waals surface area contributed by atoms with Crippen LogP contribution in [-0.2, 0) is 20.9 Å². The number of carbonyl (C=O) groups excluding carboxylic acids is 2. The van der Waals surface area contributed by atoms with Crippen molar-refractivity contribution in [1.29, 1.82) is 0 Å². The second-order valence-corrected chi connectivity index (χ2v) is 7.45. The van der Waals surface area contributed by atoms with Crippen LogP contribution in [0.15, 0.2) is 59.8 Å². The quantitative estimate of drug-likeness (QED) is 0.553. The third-order valence-electron chi connectivity index (χ3n) is 4.00. The number of rotatable bonds is 8. The summed E-state index contributed by atoms with van der Waals surface area (Å²) in [6.45, 7) is 3.43. The molecule has 0 spiro atoms. The van der Waals surface area contributed by atoms with Gasteiger partial charge in [-0.25, -0.2) is 9.78 Å². The number of thioether (sulfide) groups is 1. The number of aliphatic hydroxyl groups is 1. The molecule has 27 heavy (non-hydrogen) atoms. The molecule has 3 atom stereocenters. The van der Waals surface area contributed by atoms with Crippen molar-refractivity contribution in [2.45, 2.75) is 42.8 Å². The number of aliphatic hydroxyl groups excluding tert-OH is 1. The summed E-state index contributed by atoms with van der Waals surface area (Å²) in [4.78, 5) is 31.1.